The predicted octanol–water partition coefficient (Wildman–Crippen LogP) is 3.71. The molecule has 0 spiro atoms. The Bertz CT molecular complexity index is 1260. The Labute approximate surface area is 171 Å². The van der Waals surface area contributed by atoms with Gasteiger partial charge in [-0.15, -0.1) is 0 Å². The van der Waals surface area contributed by atoms with Crippen molar-refractivity contribution >= 4 is 16.8 Å². The fourth-order valence-electron chi connectivity index (χ4n) is 3.28. The molecule has 0 saturated heterocycles. The van der Waals surface area contributed by atoms with Gasteiger partial charge in [0.25, 0.3) is 5.91 Å². The van der Waals surface area contributed by atoms with Crippen LogP contribution in [-0.4, -0.2) is 25.7 Å². The van der Waals surface area contributed by atoms with E-state index in [1.165, 1.54) is 12.1 Å². The van der Waals surface area contributed by atoms with Gasteiger partial charge in [0.1, 0.15) is 17.6 Å². The largest absolute Gasteiger partial charge is 0.344 e. The maximum Gasteiger partial charge on any atom is 0.272 e. The number of pyridine rings is 2. The summed E-state index contributed by atoms with van der Waals surface area (Å²) in [5.74, 6) is -0.708. The van der Waals surface area contributed by atoms with Crippen molar-refractivity contribution in [2.75, 3.05) is 0 Å². The molecule has 148 valence electrons. The minimum absolute atomic E-state index is 0.240. The van der Waals surface area contributed by atoms with Crippen LogP contribution in [0.2, 0.25) is 0 Å². The molecule has 0 aliphatic heterocycles. The molecule has 30 heavy (non-hydrogen) atoms. The minimum Gasteiger partial charge on any atom is -0.344 e. The lowest BCUT2D eigenvalue weighted by atomic mass is 10.0. The molecular weight excluding hydrogens is 383 g/mol. The number of amides is 1. The SMILES string of the molecule is CC[C@H](NC(=O)c1nn(-c2ccc(F)cc2)c2cnccc12)c1ccnc(C#N)c1. The fraction of sp³-hybridized carbons (Fsp3) is 0.136. The zero-order chi connectivity index (χ0) is 21.1. The molecular formula is C22H17FN6O. The van der Waals surface area contributed by atoms with Crippen molar-refractivity contribution in [1.29, 1.82) is 5.26 Å². The number of hydrogen-bond acceptors (Lipinski definition) is 5. The number of rotatable bonds is 5. The van der Waals surface area contributed by atoms with Crippen LogP contribution in [0.3, 0.4) is 0 Å². The third kappa shape index (κ3) is 3.61. The summed E-state index contributed by atoms with van der Waals surface area (Å²) in [6.07, 6.45) is 5.38. The molecule has 0 saturated carbocycles. The number of halogens is 1. The number of nitrogens with zero attached hydrogens (tertiary/aromatic N) is 5. The van der Waals surface area contributed by atoms with Crippen LogP contribution in [0.1, 0.15) is 41.1 Å². The number of carbonyl (C=O) groups excluding carboxylic acids is 1. The van der Waals surface area contributed by atoms with Crippen molar-refractivity contribution in [3.63, 3.8) is 0 Å². The lowest BCUT2D eigenvalue weighted by Gasteiger charge is -2.17. The van der Waals surface area contributed by atoms with Gasteiger partial charge in [0.2, 0.25) is 0 Å². The molecule has 4 rings (SSSR count). The Hall–Kier alpha value is -4.12. The second-order valence-electron chi connectivity index (χ2n) is 6.65. The van der Waals surface area contributed by atoms with E-state index < -0.39 is 0 Å². The minimum atomic E-state index is -0.355. The number of fused-ring (bicyclic) bond motifs is 1. The van der Waals surface area contributed by atoms with E-state index in [-0.39, 0.29) is 29.2 Å². The smallest absolute Gasteiger partial charge is 0.272 e. The molecule has 1 atom stereocenters. The van der Waals surface area contributed by atoms with Crippen LogP contribution in [0, 0.1) is 17.1 Å². The lowest BCUT2D eigenvalue weighted by Crippen LogP contribution is -2.28. The Morgan fingerprint density at radius 3 is 2.77 bits per heavy atom. The first-order chi connectivity index (χ1) is 14.6. The molecule has 4 aromatic rings. The van der Waals surface area contributed by atoms with E-state index in [9.17, 15) is 9.18 Å². The Kier molecular flexibility index (Phi) is 5.18. The van der Waals surface area contributed by atoms with E-state index in [0.717, 1.165) is 5.56 Å². The van der Waals surface area contributed by atoms with Gasteiger partial charge in [-0.25, -0.2) is 14.1 Å². The molecule has 8 heteroatoms. The quantitative estimate of drug-likeness (QED) is 0.551. The highest BCUT2D eigenvalue weighted by molar-refractivity contribution is 6.05. The maximum atomic E-state index is 13.3. The van der Waals surface area contributed by atoms with Crippen LogP contribution < -0.4 is 5.32 Å². The molecule has 0 aliphatic rings. The summed E-state index contributed by atoms with van der Waals surface area (Å²) in [4.78, 5) is 21.2. The zero-order valence-electron chi connectivity index (χ0n) is 16.1. The van der Waals surface area contributed by atoms with Gasteiger partial charge in [0.15, 0.2) is 5.69 Å². The summed E-state index contributed by atoms with van der Waals surface area (Å²) in [6, 6.07) is 12.7. The van der Waals surface area contributed by atoms with Gasteiger partial charge >= 0.3 is 0 Å². The van der Waals surface area contributed by atoms with E-state index in [2.05, 4.69) is 20.4 Å². The maximum absolute atomic E-state index is 13.3. The Balaban J connectivity index is 1.71. The predicted molar refractivity (Wildman–Crippen MR) is 108 cm³/mol. The van der Waals surface area contributed by atoms with Crippen LogP contribution in [-0.2, 0) is 0 Å². The summed E-state index contributed by atoms with van der Waals surface area (Å²) in [6.45, 7) is 1.94. The molecule has 0 aliphatic carbocycles. The van der Waals surface area contributed by atoms with Crippen LogP contribution in [0.4, 0.5) is 4.39 Å². The van der Waals surface area contributed by atoms with E-state index in [0.29, 0.717) is 23.0 Å². The number of hydrogen-bond donors (Lipinski definition) is 1. The highest BCUT2D eigenvalue weighted by Gasteiger charge is 2.21. The second kappa shape index (κ2) is 8.09. The zero-order valence-corrected chi connectivity index (χ0v) is 16.1. The molecule has 3 heterocycles. The van der Waals surface area contributed by atoms with Crippen molar-refractivity contribution in [1.82, 2.24) is 25.1 Å². The molecule has 0 fully saturated rings. The summed E-state index contributed by atoms with van der Waals surface area (Å²) in [5.41, 5.74) is 2.58. The van der Waals surface area contributed by atoms with E-state index in [4.69, 9.17) is 5.26 Å². The average molecular weight is 400 g/mol. The van der Waals surface area contributed by atoms with Gasteiger partial charge in [-0.2, -0.15) is 10.4 Å². The second-order valence-corrected chi connectivity index (χ2v) is 6.65. The van der Waals surface area contributed by atoms with Gasteiger partial charge in [-0.1, -0.05) is 6.92 Å². The van der Waals surface area contributed by atoms with Crippen LogP contribution in [0.15, 0.2) is 61.1 Å². The third-order valence-corrected chi connectivity index (χ3v) is 4.78. The fourth-order valence-corrected chi connectivity index (χ4v) is 3.28. The van der Waals surface area contributed by atoms with Gasteiger partial charge < -0.3 is 5.32 Å². The van der Waals surface area contributed by atoms with Crippen molar-refractivity contribution in [2.24, 2.45) is 0 Å². The Morgan fingerprint density at radius 1 is 1.23 bits per heavy atom. The molecule has 7 nitrogen and oxygen atoms in total. The highest BCUT2D eigenvalue weighted by Crippen LogP contribution is 2.23. The number of benzene rings is 1. The third-order valence-electron chi connectivity index (χ3n) is 4.78. The number of nitrogens with one attached hydrogen (secondary N) is 1. The molecule has 3 aromatic heterocycles. The van der Waals surface area contributed by atoms with Crippen molar-refractivity contribution in [3.8, 4) is 11.8 Å². The molecule has 1 N–H and O–H groups in total. The Morgan fingerprint density at radius 2 is 2.03 bits per heavy atom. The average Bonchev–Trinajstić information content (AvgIpc) is 3.18. The number of aromatic nitrogens is 4. The van der Waals surface area contributed by atoms with Crippen molar-refractivity contribution < 1.29 is 9.18 Å². The van der Waals surface area contributed by atoms with Crippen LogP contribution in [0.25, 0.3) is 16.6 Å². The first kappa shape index (κ1) is 19.2. The van der Waals surface area contributed by atoms with E-state index in [1.807, 2.05) is 13.0 Å². The molecule has 1 aromatic carbocycles. The molecule has 0 radical (unpaired) electrons. The van der Waals surface area contributed by atoms with E-state index >= 15 is 0 Å². The van der Waals surface area contributed by atoms with E-state index in [1.54, 1.807) is 53.6 Å². The topological polar surface area (TPSA) is 96.5 Å². The summed E-state index contributed by atoms with van der Waals surface area (Å²) in [5, 5.41) is 17.2. The highest BCUT2D eigenvalue weighted by atomic mass is 19.1. The summed E-state index contributed by atoms with van der Waals surface area (Å²) >= 11 is 0. The lowest BCUT2D eigenvalue weighted by molar-refractivity contribution is 0.0931. The van der Waals surface area contributed by atoms with Gasteiger partial charge in [0, 0.05) is 17.8 Å². The van der Waals surface area contributed by atoms with Gasteiger partial charge in [-0.3, -0.25) is 9.78 Å². The summed E-state index contributed by atoms with van der Waals surface area (Å²) < 4.78 is 14.9. The molecule has 0 unspecified atom stereocenters. The number of nitriles is 1. The molecule has 1 amide bonds. The van der Waals surface area contributed by atoms with Crippen molar-refractivity contribution in [3.05, 3.63) is 83.8 Å². The molecule has 0 bridgehead atoms. The van der Waals surface area contributed by atoms with Crippen LogP contribution in [0.5, 0.6) is 0 Å². The first-order valence-corrected chi connectivity index (χ1v) is 9.36. The normalized spacial score (nSPS) is 11.8. The van der Waals surface area contributed by atoms with Crippen LogP contribution >= 0.6 is 0 Å². The van der Waals surface area contributed by atoms with Gasteiger partial charge in [-0.05, 0) is 54.4 Å². The standard InChI is InChI=1S/C22H17FN6O/c1-2-19(14-7-10-26-16(11-14)12-24)27-22(30)21-18-8-9-25-13-20(18)29(28-21)17-5-3-15(23)4-6-17/h3-11,13,19H,2H2,1H3,(H,27,30)/t19-/m0/s1. The first-order valence-electron chi connectivity index (χ1n) is 9.36. The number of carbonyl (C=O) groups is 1. The summed E-state index contributed by atoms with van der Waals surface area (Å²) in [7, 11) is 0. The van der Waals surface area contributed by atoms with Crippen molar-refractivity contribution in [2.45, 2.75) is 19.4 Å². The monoisotopic (exact) mass is 400 g/mol. The van der Waals surface area contributed by atoms with Gasteiger partial charge in [0.05, 0.1) is 23.4 Å².